The molecular weight excluding hydrogens is 635 g/mol. The fourth-order valence-electron chi connectivity index (χ4n) is 4.66. The molecule has 1 amide bonds. The van der Waals surface area contributed by atoms with Crippen LogP contribution in [0.2, 0.25) is 5.15 Å². The zero-order valence-corrected chi connectivity index (χ0v) is 25.2. The van der Waals surface area contributed by atoms with Gasteiger partial charge in [0.2, 0.25) is 0 Å². The van der Waals surface area contributed by atoms with E-state index in [-0.39, 0.29) is 27.8 Å². The molecular formula is C30H25ClF3N5O5S. The van der Waals surface area contributed by atoms with Gasteiger partial charge in [-0.15, -0.1) is 5.10 Å². The summed E-state index contributed by atoms with van der Waals surface area (Å²) < 4.78 is 76.4. The summed E-state index contributed by atoms with van der Waals surface area (Å²) in [5.74, 6) is -1.29. The van der Waals surface area contributed by atoms with Gasteiger partial charge in [-0.3, -0.25) is 9.36 Å². The molecule has 5 rings (SSSR count). The third kappa shape index (κ3) is 6.86. The molecule has 0 saturated carbocycles. The number of aryl methyl sites for hydroxylation is 1. The van der Waals surface area contributed by atoms with Crippen molar-refractivity contribution in [2.24, 2.45) is 0 Å². The van der Waals surface area contributed by atoms with Crippen LogP contribution in [0.5, 0.6) is 0 Å². The number of nitrogens with one attached hydrogen (secondary N) is 1. The van der Waals surface area contributed by atoms with Crippen molar-refractivity contribution < 1.29 is 30.8 Å². The predicted molar refractivity (Wildman–Crippen MR) is 159 cm³/mol. The number of amides is 1. The number of oxazole rings is 1. The Labute approximate surface area is 260 Å². The number of para-hydroxylation sites is 1. The summed E-state index contributed by atoms with van der Waals surface area (Å²) in [5.41, 5.74) is -0.667. The lowest BCUT2D eigenvalue weighted by Gasteiger charge is -2.12. The SMILES string of the molecule is CCCCc1nn(-c2ccccc2C(F)(F)F)c(=O)n1Cc1ccc(-c2ccccc2S(=O)(=O)NC(=O)c2nc(Cl)co2)cc1. The molecule has 0 unspecified atom stereocenters. The number of carbonyl (C=O) groups is 1. The van der Waals surface area contributed by atoms with Gasteiger partial charge in [0.25, 0.3) is 15.9 Å². The second-order valence-electron chi connectivity index (χ2n) is 9.92. The third-order valence-corrected chi connectivity index (χ3v) is 8.37. The van der Waals surface area contributed by atoms with Gasteiger partial charge in [0, 0.05) is 12.0 Å². The standard InChI is InChI=1S/C30H25ClF3N5O5S/c1-2-3-12-26-36-39(23-10-6-5-9-22(23)30(32,33)34)29(41)38(26)17-19-13-15-20(16-14-19)21-8-4-7-11-24(21)45(42,43)37-27(40)28-35-25(31)18-44-28/h4-11,13-16,18H,2-3,12,17H2,1H3,(H,37,40). The number of alkyl halides is 3. The molecule has 0 atom stereocenters. The van der Waals surface area contributed by atoms with Gasteiger partial charge in [0.1, 0.15) is 12.1 Å². The average molecular weight is 660 g/mol. The van der Waals surface area contributed by atoms with Gasteiger partial charge in [-0.25, -0.2) is 17.9 Å². The highest BCUT2D eigenvalue weighted by Gasteiger charge is 2.35. The maximum Gasteiger partial charge on any atom is 0.418 e. The van der Waals surface area contributed by atoms with Crippen molar-refractivity contribution in [2.45, 2.75) is 43.8 Å². The van der Waals surface area contributed by atoms with Crippen LogP contribution in [0.3, 0.4) is 0 Å². The average Bonchev–Trinajstić information content (AvgIpc) is 3.58. The van der Waals surface area contributed by atoms with Gasteiger partial charge in [-0.2, -0.15) is 22.8 Å². The zero-order chi connectivity index (χ0) is 32.4. The van der Waals surface area contributed by atoms with Crippen molar-refractivity contribution in [3.63, 3.8) is 0 Å². The summed E-state index contributed by atoms with van der Waals surface area (Å²) in [6.45, 7) is 1.96. The van der Waals surface area contributed by atoms with Crippen LogP contribution in [0.4, 0.5) is 13.2 Å². The van der Waals surface area contributed by atoms with Gasteiger partial charge >= 0.3 is 17.8 Å². The van der Waals surface area contributed by atoms with Gasteiger partial charge in [-0.05, 0) is 35.7 Å². The summed E-state index contributed by atoms with van der Waals surface area (Å²) in [6.07, 6.45) is -1.87. The summed E-state index contributed by atoms with van der Waals surface area (Å²) in [5, 5.41) is 4.17. The quantitative estimate of drug-likeness (QED) is 0.199. The Balaban J connectivity index is 1.45. The number of benzene rings is 3. The Bertz CT molecular complexity index is 2020. The molecule has 0 radical (unpaired) electrons. The molecule has 1 N–H and O–H groups in total. The van der Waals surface area contributed by atoms with E-state index in [4.69, 9.17) is 16.0 Å². The first-order valence-corrected chi connectivity index (χ1v) is 15.5. The van der Waals surface area contributed by atoms with E-state index < -0.39 is 39.3 Å². The van der Waals surface area contributed by atoms with Gasteiger partial charge in [0.05, 0.1) is 22.7 Å². The summed E-state index contributed by atoms with van der Waals surface area (Å²) in [4.78, 5) is 29.3. The smallest absolute Gasteiger partial charge is 0.418 e. The minimum Gasteiger partial charge on any atom is -0.439 e. The number of unbranched alkanes of at least 4 members (excludes halogenated alkanes) is 1. The number of hydrogen-bond donors (Lipinski definition) is 1. The molecule has 0 bridgehead atoms. The lowest BCUT2D eigenvalue weighted by molar-refractivity contribution is -0.137. The molecule has 15 heteroatoms. The Morgan fingerprint density at radius 2 is 1.71 bits per heavy atom. The Hall–Kier alpha value is -4.69. The molecule has 234 valence electrons. The van der Waals surface area contributed by atoms with E-state index in [2.05, 4.69) is 10.1 Å². The number of rotatable bonds is 10. The lowest BCUT2D eigenvalue weighted by Crippen LogP contribution is -2.31. The maximum absolute atomic E-state index is 13.7. The van der Waals surface area contributed by atoms with Crippen molar-refractivity contribution >= 4 is 27.5 Å². The van der Waals surface area contributed by atoms with E-state index >= 15 is 0 Å². The molecule has 45 heavy (non-hydrogen) atoms. The first-order chi connectivity index (χ1) is 21.4. The molecule has 0 aliphatic heterocycles. The second kappa shape index (κ2) is 12.7. The highest BCUT2D eigenvalue weighted by molar-refractivity contribution is 7.90. The molecule has 0 spiro atoms. The zero-order valence-electron chi connectivity index (χ0n) is 23.6. The fourth-order valence-corrected chi connectivity index (χ4v) is 5.96. The highest BCUT2D eigenvalue weighted by Crippen LogP contribution is 2.33. The molecule has 0 aliphatic rings. The number of nitrogens with zero attached hydrogens (tertiary/aromatic N) is 4. The van der Waals surface area contributed by atoms with E-state index in [0.29, 0.717) is 29.8 Å². The second-order valence-corrected chi connectivity index (χ2v) is 12.0. The van der Waals surface area contributed by atoms with E-state index in [1.165, 1.54) is 34.9 Å². The Morgan fingerprint density at radius 1 is 1.02 bits per heavy atom. The Morgan fingerprint density at radius 3 is 2.38 bits per heavy atom. The lowest BCUT2D eigenvalue weighted by atomic mass is 10.0. The van der Waals surface area contributed by atoms with Gasteiger partial charge in [0.15, 0.2) is 5.15 Å². The minimum absolute atomic E-state index is 0.0149. The van der Waals surface area contributed by atoms with Gasteiger partial charge in [-0.1, -0.05) is 79.5 Å². The minimum atomic E-state index is -4.69. The van der Waals surface area contributed by atoms with E-state index in [0.717, 1.165) is 23.4 Å². The topological polar surface area (TPSA) is 129 Å². The van der Waals surface area contributed by atoms with Crippen molar-refractivity contribution in [3.8, 4) is 16.8 Å². The van der Waals surface area contributed by atoms with Crippen LogP contribution in [0, 0.1) is 0 Å². The maximum atomic E-state index is 13.7. The number of sulfonamides is 1. The van der Waals surface area contributed by atoms with Crippen LogP contribution in [0.1, 0.15) is 47.4 Å². The van der Waals surface area contributed by atoms with Gasteiger partial charge < -0.3 is 4.42 Å². The first kappa shape index (κ1) is 31.7. The van der Waals surface area contributed by atoms with Crippen molar-refractivity contribution in [1.82, 2.24) is 24.1 Å². The molecule has 2 aromatic heterocycles. The third-order valence-electron chi connectivity index (χ3n) is 6.81. The highest BCUT2D eigenvalue weighted by atomic mass is 35.5. The molecule has 0 saturated heterocycles. The van der Waals surface area contributed by atoms with Crippen LogP contribution < -0.4 is 10.4 Å². The molecule has 0 aliphatic carbocycles. The summed E-state index contributed by atoms with van der Waals surface area (Å²) >= 11 is 5.65. The van der Waals surface area contributed by atoms with Crippen LogP contribution in [-0.2, 0) is 29.2 Å². The number of carbonyl (C=O) groups excluding carboxylic acids is 1. The van der Waals surface area contributed by atoms with Crippen molar-refractivity contribution in [1.29, 1.82) is 0 Å². The fraction of sp³-hybridized carbons (Fsp3) is 0.200. The predicted octanol–water partition coefficient (Wildman–Crippen LogP) is 5.87. The van der Waals surface area contributed by atoms with E-state index in [9.17, 15) is 31.2 Å². The van der Waals surface area contributed by atoms with Crippen LogP contribution >= 0.6 is 11.6 Å². The summed E-state index contributed by atoms with van der Waals surface area (Å²) in [6, 6.07) is 17.4. The summed E-state index contributed by atoms with van der Waals surface area (Å²) in [7, 11) is -4.37. The number of aromatic nitrogens is 4. The molecule has 2 heterocycles. The molecule has 3 aromatic carbocycles. The van der Waals surface area contributed by atoms with E-state index in [1.807, 2.05) is 11.6 Å². The largest absolute Gasteiger partial charge is 0.439 e. The van der Waals surface area contributed by atoms with Crippen LogP contribution in [0.15, 0.2) is 93.2 Å². The van der Waals surface area contributed by atoms with Crippen molar-refractivity contribution in [2.75, 3.05) is 0 Å². The van der Waals surface area contributed by atoms with E-state index in [1.54, 1.807) is 36.4 Å². The number of hydrogen-bond acceptors (Lipinski definition) is 7. The van der Waals surface area contributed by atoms with Crippen molar-refractivity contribution in [3.05, 3.63) is 118 Å². The normalized spacial score (nSPS) is 11.9. The van der Waals surface area contributed by atoms with Crippen LogP contribution in [-0.4, -0.2) is 33.7 Å². The Kier molecular flexibility index (Phi) is 8.98. The van der Waals surface area contributed by atoms with Crippen LogP contribution in [0.25, 0.3) is 16.8 Å². The molecule has 0 fully saturated rings. The molecule has 5 aromatic rings. The number of halogens is 4. The first-order valence-electron chi connectivity index (χ1n) is 13.6. The molecule has 10 nitrogen and oxygen atoms in total. The monoisotopic (exact) mass is 659 g/mol.